The highest BCUT2D eigenvalue weighted by Gasteiger charge is 2.23. The Morgan fingerprint density at radius 3 is 2.42 bits per heavy atom. The van der Waals surface area contributed by atoms with Gasteiger partial charge in [-0.2, -0.15) is 0 Å². The van der Waals surface area contributed by atoms with Crippen molar-refractivity contribution < 1.29 is 9.18 Å². The van der Waals surface area contributed by atoms with Gasteiger partial charge in [-0.25, -0.2) is 4.39 Å². The zero-order chi connectivity index (χ0) is 23.2. The van der Waals surface area contributed by atoms with Crippen molar-refractivity contribution in [2.24, 2.45) is 0 Å². The van der Waals surface area contributed by atoms with Crippen LogP contribution in [0.5, 0.6) is 0 Å². The number of carbonyl (C=O) groups excluding carboxylic acids is 1. The molecule has 3 aromatic rings. The van der Waals surface area contributed by atoms with E-state index in [1.54, 1.807) is 12.1 Å². The normalized spacial score (nSPS) is 16.3. The minimum atomic E-state index is -0.373. The summed E-state index contributed by atoms with van der Waals surface area (Å²) in [4.78, 5) is 15.3. The third-order valence-electron chi connectivity index (χ3n) is 5.91. The summed E-state index contributed by atoms with van der Waals surface area (Å²) in [5, 5.41) is 12.2. The van der Waals surface area contributed by atoms with Gasteiger partial charge in [0, 0.05) is 5.69 Å². The SMILES string of the molecule is C[C@H](Sc1nnc(CN2CCCCC2)n1-c1ccc(F)cc1)C(=O)N[C@@H](C)c1ccccc1. The number of amides is 1. The Kier molecular flexibility index (Phi) is 7.77. The summed E-state index contributed by atoms with van der Waals surface area (Å²) in [7, 11) is 0. The Balaban J connectivity index is 1.52. The lowest BCUT2D eigenvalue weighted by molar-refractivity contribution is -0.120. The highest BCUT2D eigenvalue weighted by atomic mass is 32.2. The molecule has 2 aromatic carbocycles. The molecule has 8 heteroatoms. The van der Waals surface area contributed by atoms with Crippen LogP contribution in [0.2, 0.25) is 0 Å². The minimum absolute atomic E-state index is 0.0670. The number of piperidine rings is 1. The number of hydrogen-bond acceptors (Lipinski definition) is 5. The van der Waals surface area contributed by atoms with Gasteiger partial charge in [0.05, 0.1) is 17.8 Å². The van der Waals surface area contributed by atoms with Crippen LogP contribution in [0.25, 0.3) is 5.69 Å². The Morgan fingerprint density at radius 2 is 1.73 bits per heavy atom. The van der Waals surface area contributed by atoms with Crippen molar-refractivity contribution in [1.82, 2.24) is 25.0 Å². The number of rotatable bonds is 8. The molecule has 0 aliphatic carbocycles. The summed E-state index contributed by atoms with van der Waals surface area (Å²) in [5.41, 5.74) is 1.85. The van der Waals surface area contributed by atoms with Crippen LogP contribution >= 0.6 is 11.8 Å². The number of likely N-dealkylation sites (tertiary alicyclic amines) is 1. The first kappa shape index (κ1) is 23.4. The molecule has 174 valence electrons. The quantitative estimate of drug-likeness (QED) is 0.485. The molecule has 6 nitrogen and oxygen atoms in total. The van der Waals surface area contributed by atoms with Crippen molar-refractivity contribution in [3.63, 3.8) is 0 Å². The maximum absolute atomic E-state index is 13.6. The first-order valence-electron chi connectivity index (χ1n) is 11.5. The average molecular weight is 468 g/mol. The number of carbonyl (C=O) groups is 1. The molecule has 1 aliphatic rings. The zero-order valence-electron chi connectivity index (χ0n) is 19.1. The first-order valence-corrected chi connectivity index (χ1v) is 12.3. The molecule has 1 saturated heterocycles. The van der Waals surface area contributed by atoms with Gasteiger partial charge in [0.1, 0.15) is 5.82 Å². The molecule has 2 heterocycles. The van der Waals surface area contributed by atoms with Crippen molar-refractivity contribution in [2.75, 3.05) is 13.1 Å². The molecule has 0 radical (unpaired) electrons. The van der Waals surface area contributed by atoms with Crippen molar-refractivity contribution in [3.8, 4) is 5.69 Å². The van der Waals surface area contributed by atoms with Gasteiger partial charge < -0.3 is 5.32 Å². The van der Waals surface area contributed by atoms with E-state index < -0.39 is 0 Å². The molecular weight excluding hydrogens is 437 g/mol. The van der Waals surface area contributed by atoms with Crippen LogP contribution in [-0.4, -0.2) is 43.9 Å². The van der Waals surface area contributed by atoms with Gasteiger partial charge >= 0.3 is 0 Å². The summed E-state index contributed by atoms with van der Waals surface area (Å²) in [6, 6.07) is 16.1. The molecule has 0 bridgehead atoms. The second-order valence-corrected chi connectivity index (χ2v) is 9.76. The molecule has 0 unspecified atom stereocenters. The maximum Gasteiger partial charge on any atom is 0.233 e. The Morgan fingerprint density at radius 1 is 1.03 bits per heavy atom. The summed E-state index contributed by atoms with van der Waals surface area (Å²) in [5.74, 6) is 0.445. The van der Waals surface area contributed by atoms with E-state index in [2.05, 4.69) is 20.4 Å². The summed E-state index contributed by atoms with van der Waals surface area (Å²) < 4.78 is 15.5. The maximum atomic E-state index is 13.6. The summed E-state index contributed by atoms with van der Waals surface area (Å²) in [6.45, 7) is 6.59. The minimum Gasteiger partial charge on any atom is -0.349 e. The lowest BCUT2D eigenvalue weighted by atomic mass is 10.1. The van der Waals surface area contributed by atoms with Crippen LogP contribution in [0.1, 0.15) is 50.5 Å². The molecule has 1 N–H and O–H groups in total. The molecule has 2 atom stereocenters. The Hall–Kier alpha value is -2.71. The largest absolute Gasteiger partial charge is 0.349 e. The predicted molar refractivity (Wildman–Crippen MR) is 129 cm³/mol. The monoisotopic (exact) mass is 467 g/mol. The fraction of sp³-hybridized carbons (Fsp3) is 0.400. The standard InChI is InChI=1S/C25H30FN5OS/c1-18(20-9-5-3-6-10-20)27-24(32)19(2)33-25-29-28-23(17-30-15-7-4-8-16-30)31(25)22-13-11-21(26)12-14-22/h3,5-6,9-14,18-19H,4,7-8,15-17H2,1-2H3,(H,27,32)/t18-,19-/m0/s1. The molecular formula is C25H30FN5OS. The zero-order valence-corrected chi connectivity index (χ0v) is 19.9. The van der Waals surface area contributed by atoms with Gasteiger partial charge in [-0.3, -0.25) is 14.3 Å². The van der Waals surface area contributed by atoms with E-state index in [9.17, 15) is 9.18 Å². The number of hydrogen-bond donors (Lipinski definition) is 1. The number of benzene rings is 2. The van der Waals surface area contributed by atoms with Gasteiger partial charge in [-0.15, -0.1) is 10.2 Å². The molecule has 1 aromatic heterocycles. The van der Waals surface area contributed by atoms with E-state index in [1.807, 2.05) is 48.7 Å². The topological polar surface area (TPSA) is 63.1 Å². The fourth-order valence-electron chi connectivity index (χ4n) is 4.01. The Bertz CT molecular complexity index is 1050. The number of thioether (sulfide) groups is 1. The van der Waals surface area contributed by atoms with Crippen LogP contribution in [-0.2, 0) is 11.3 Å². The van der Waals surface area contributed by atoms with Crippen LogP contribution in [0.4, 0.5) is 4.39 Å². The highest BCUT2D eigenvalue weighted by Crippen LogP contribution is 2.27. The first-order chi connectivity index (χ1) is 16.0. The molecule has 4 rings (SSSR count). The molecule has 1 fully saturated rings. The van der Waals surface area contributed by atoms with Gasteiger partial charge in [0.15, 0.2) is 11.0 Å². The molecule has 0 spiro atoms. The van der Waals surface area contributed by atoms with Gasteiger partial charge in [-0.05, 0) is 69.6 Å². The predicted octanol–water partition coefficient (Wildman–Crippen LogP) is 4.75. The van der Waals surface area contributed by atoms with E-state index in [0.29, 0.717) is 11.7 Å². The van der Waals surface area contributed by atoms with E-state index in [4.69, 9.17) is 0 Å². The van der Waals surface area contributed by atoms with E-state index >= 15 is 0 Å². The average Bonchev–Trinajstić information content (AvgIpc) is 3.22. The van der Waals surface area contributed by atoms with Crippen molar-refractivity contribution in [2.45, 2.75) is 56.1 Å². The number of halogens is 1. The van der Waals surface area contributed by atoms with Crippen LogP contribution in [0, 0.1) is 5.82 Å². The van der Waals surface area contributed by atoms with E-state index in [1.165, 1.54) is 43.2 Å². The third-order valence-corrected chi connectivity index (χ3v) is 6.95. The summed E-state index contributed by atoms with van der Waals surface area (Å²) in [6.07, 6.45) is 3.63. The molecule has 1 amide bonds. The molecule has 33 heavy (non-hydrogen) atoms. The molecule has 0 saturated carbocycles. The van der Waals surface area contributed by atoms with Crippen molar-refractivity contribution in [3.05, 3.63) is 71.8 Å². The fourth-order valence-corrected chi connectivity index (χ4v) is 4.91. The Labute approximate surface area is 198 Å². The van der Waals surface area contributed by atoms with E-state index in [0.717, 1.165) is 30.2 Å². The number of aromatic nitrogens is 3. The van der Waals surface area contributed by atoms with Gasteiger partial charge in [-0.1, -0.05) is 48.5 Å². The second kappa shape index (κ2) is 10.9. The van der Waals surface area contributed by atoms with Gasteiger partial charge in [0.25, 0.3) is 0 Å². The van der Waals surface area contributed by atoms with E-state index in [-0.39, 0.29) is 23.0 Å². The number of nitrogens with zero attached hydrogens (tertiary/aromatic N) is 4. The lowest BCUT2D eigenvalue weighted by Gasteiger charge is -2.26. The van der Waals surface area contributed by atoms with Crippen molar-refractivity contribution in [1.29, 1.82) is 0 Å². The highest BCUT2D eigenvalue weighted by molar-refractivity contribution is 8.00. The van der Waals surface area contributed by atoms with Crippen LogP contribution < -0.4 is 5.32 Å². The summed E-state index contributed by atoms with van der Waals surface area (Å²) >= 11 is 1.36. The smallest absolute Gasteiger partial charge is 0.233 e. The number of nitrogens with one attached hydrogen (secondary N) is 1. The lowest BCUT2D eigenvalue weighted by Crippen LogP contribution is -2.33. The molecule has 1 aliphatic heterocycles. The van der Waals surface area contributed by atoms with Crippen LogP contribution in [0.15, 0.2) is 59.8 Å². The second-order valence-electron chi connectivity index (χ2n) is 8.45. The van der Waals surface area contributed by atoms with Crippen molar-refractivity contribution >= 4 is 17.7 Å². The third kappa shape index (κ3) is 6.00. The van der Waals surface area contributed by atoms with Gasteiger partial charge in [0.2, 0.25) is 5.91 Å². The van der Waals surface area contributed by atoms with Crippen LogP contribution in [0.3, 0.4) is 0 Å².